The van der Waals surface area contributed by atoms with Gasteiger partial charge in [-0.15, -0.1) is 0 Å². The Morgan fingerprint density at radius 3 is 2.42 bits per heavy atom. The number of hydrogen-bond acceptors (Lipinski definition) is 4. The Bertz CT molecular complexity index is 413. The molecule has 1 fully saturated rings. The number of ketones is 1. The van der Waals surface area contributed by atoms with Crippen LogP contribution in [-0.4, -0.2) is 38.3 Å². The number of benzene rings is 1. The van der Waals surface area contributed by atoms with Crippen LogP contribution in [0.4, 0.5) is 0 Å². The topological polar surface area (TPSA) is 44.8 Å². The van der Waals surface area contributed by atoms with E-state index in [4.69, 9.17) is 14.2 Å². The van der Waals surface area contributed by atoms with Crippen LogP contribution in [0.3, 0.4) is 0 Å². The zero-order valence-corrected chi connectivity index (χ0v) is 11.5. The molecule has 1 aromatic rings. The molecule has 0 saturated carbocycles. The van der Waals surface area contributed by atoms with Crippen LogP contribution in [0, 0.1) is 0 Å². The van der Waals surface area contributed by atoms with E-state index in [2.05, 4.69) is 0 Å². The molecule has 1 aliphatic heterocycles. The number of Topliss-reactive ketones (excluding diaryl/α,β-unsaturated/α-hetero) is 1. The molecule has 1 aromatic carbocycles. The molecule has 19 heavy (non-hydrogen) atoms. The van der Waals surface area contributed by atoms with Gasteiger partial charge in [0.15, 0.2) is 5.78 Å². The summed E-state index contributed by atoms with van der Waals surface area (Å²) in [6, 6.07) is 7.17. The fraction of sp³-hybridized carbons (Fsp3) is 0.533. The van der Waals surface area contributed by atoms with Crippen molar-refractivity contribution in [1.29, 1.82) is 0 Å². The van der Waals surface area contributed by atoms with Crippen LogP contribution in [0.25, 0.3) is 0 Å². The van der Waals surface area contributed by atoms with Crippen LogP contribution < -0.4 is 4.74 Å². The minimum absolute atomic E-state index is 0.0419. The largest absolute Gasteiger partial charge is 0.497 e. The molecule has 1 saturated heterocycles. The Kier molecular flexibility index (Phi) is 4.56. The summed E-state index contributed by atoms with van der Waals surface area (Å²) in [7, 11) is 1.61. The van der Waals surface area contributed by atoms with Gasteiger partial charge in [0, 0.05) is 38.2 Å². The van der Waals surface area contributed by atoms with Crippen molar-refractivity contribution < 1.29 is 19.0 Å². The second-order valence-electron chi connectivity index (χ2n) is 4.60. The molecule has 0 unspecified atom stereocenters. The van der Waals surface area contributed by atoms with E-state index in [1.807, 2.05) is 6.92 Å². The first-order valence-electron chi connectivity index (χ1n) is 6.62. The monoisotopic (exact) mass is 264 g/mol. The van der Waals surface area contributed by atoms with E-state index in [0.717, 1.165) is 5.75 Å². The van der Waals surface area contributed by atoms with Crippen molar-refractivity contribution in [2.75, 3.05) is 26.9 Å². The second-order valence-corrected chi connectivity index (χ2v) is 4.60. The average Bonchev–Trinajstić information content (AvgIpc) is 2.48. The third-order valence-corrected chi connectivity index (χ3v) is 3.49. The summed E-state index contributed by atoms with van der Waals surface area (Å²) in [4.78, 5) is 12.7. The van der Waals surface area contributed by atoms with E-state index in [0.29, 0.717) is 38.2 Å². The van der Waals surface area contributed by atoms with Crippen LogP contribution in [0.5, 0.6) is 5.75 Å². The first-order valence-corrected chi connectivity index (χ1v) is 6.62. The molecular weight excluding hydrogens is 244 g/mol. The van der Waals surface area contributed by atoms with Gasteiger partial charge in [0.25, 0.3) is 0 Å². The molecule has 0 atom stereocenters. The van der Waals surface area contributed by atoms with E-state index in [1.54, 1.807) is 31.4 Å². The minimum Gasteiger partial charge on any atom is -0.497 e. The van der Waals surface area contributed by atoms with Crippen LogP contribution in [0.2, 0.25) is 0 Å². The summed E-state index contributed by atoms with van der Waals surface area (Å²) < 4.78 is 16.2. The summed E-state index contributed by atoms with van der Waals surface area (Å²) in [6.45, 7) is 3.59. The second kappa shape index (κ2) is 6.17. The molecular formula is C15H20O4. The van der Waals surface area contributed by atoms with Gasteiger partial charge in [0.2, 0.25) is 0 Å². The quantitative estimate of drug-likeness (QED) is 0.766. The van der Waals surface area contributed by atoms with Gasteiger partial charge in [-0.25, -0.2) is 0 Å². The Balaban J connectivity index is 2.22. The van der Waals surface area contributed by atoms with Crippen LogP contribution in [0.15, 0.2) is 24.3 Å². The molecule has 4 heteroatoms. The van der Waals surface area contributed by atoms with E-state index >= 15 is 0 Å². The Hall–Kier alpha value is -1.39. The molecule has 1 heterocycles. The van der Waals surface area contributed by atoms with Gasteiger partial charge in [-0.2, -0.15) is 0 Å². The fourth-order valence-corrected chi connectivity index (χ4v) is 2.42. The van der Waals surface area contributed by atoms with Crippen molar-refractivity contribution in [3.63, 3.8) is 0 Å². The van der Waals surface area contributed by atoms with Crippen molar-refractivity contribution in [2.24, 2.45) is 0 Å². The summed E-state index contributed by atoms with van der Waals surface area (Å²) in [5.41, 5.74) is -0.0575. The van der Waals surface area contributed by atoms with Gasteiger partial charge in [-0.1, -0.05) is 0 Å². The first-order chi connectivity index (χ1) is 9.22. The Morgan fingerprint density at radius 2 is 1.89 bits per heavy atom. The summed E-state index contributed by atoms with van der Waals surface area (Å²) in [5.74, 6) is 0.786. The molecule has 0 aromatic heterocycles. The number of carbonyl (C=O) groups excluding carboxylic acids is 1. The average molecular weight is 264 g/mol. The maximum Gasteiger partial charge on any atom is 0.194 e. The summed E-state index contributed by atoms with van der Waals surface area (Å²) in [6.07, 6.45) is 1.23. The minimum atomic E-state index is -0.721. The smallest absolute Gasteiger partial charge is 0.194 e. The molecule has 1 aliphatic rings. The number of carbonyl (C=O) groups is 1. The van der Waals surface area contributed by atoms with Crippen molar-refractivity contribution in [3.8, 4) is 5.75 Å². The highest BCUT2D eigenvalue weighted by molar-refractivity contribution is 6.02. The lowest BCUT2D eigenvalue weighted by molar-refractivity contribution is -0.0822. The molecule has 0 aliphatic carbocycles. The van der Waals surface area contributed by atoms with Crippen molar-refractivity contribution in [2.45, 2.75) is 25.4 Å². The van der Waals surface area contributed by atoms with E-state index < -0.39 is 5.60 Å². The fourth-order valence-electron chi connectivity index (χ4n) is 2.42. The van der Waals surface area contributed by atoms with Crippen molar-refractivity contribution >= 4 is 5.78 Å². The summed E-state index contributed by atoms with van der Waals surface area (Å²) >= 11 is 0. The van der Waals surface area contributed by atoms with E-state index in [1.165, 1.54) is 0 Å². The molecule has 0 N–H and O–H groups in total. The SMILES string of the molecule is CCOC1(C(=O)c2ccc(OC)cc2)CCOCC1. The van der Waals surface area contributed by atoms with Gasteiger partial charge in [-0.05, 0) is 31.2 Å². The highest BCUT2D eigenvalue weighted by atomic mass is 16.5. The molecule has 0 radical (unpaired) electrons. The van der Waals surface area contributed by atoms with Gasteiger partial charge in [-0.3, -0.25) is 4.79 Å². The molecule has 2 rings (SSSR count). The van der Waals surface area contributed by atoms with Crippen LogP contribution in [0.1, 0.15) is 30.1 Å². The molecule has 104 valence electrons. The molecule has 0 spiro atoms. The number of rotatable bonds is 5. The van der Waals surface area contributed by atoms with Crippen molar-refractivity contribution in [1.82, 2.24) is 0 Å². The van der Waals surface area contributed by atoms with E-state index in [9.17, 15) is 4.79 Å². The lowest BCUT2D eigenvalue weighted by Gasteiger charge is -2.35. The third-order valence-electron chi connectivity index (χ3n) is 3.49. The summed E-state index contributed by atoms with van der Waals surface area (Å²) in [5, 5.41) is 0. The Labute approximate surface area is 113 Å². The number of methoxy groups -OCH3 is 1. The zero-order valence-electron chi connectivity index (χ0n) is 11.5. The molecule has 0 bridgehead atoms. The lowest BCUT2D eigenvalue weighted by atomic mass is 9.85. The Morgan fingerprint density at radius 1 is 1.26 bits per heavy atom. The maximum atomic E-state index is 12.7. The molecule has 0 amide bonds. The van der Waals surface area contributed by atoms with Gasteiger partial charge >= 0.3 is 0 Å². The third kappa shape index (κ3) is 2.96. The van der Waals surface area contributed by atoms with Gasteiger partial charge in [0.1, 0.15) is 11.4 Å². The maximum absolute atomic E-state index is 12.7. The van der Waals surface area contributed by atoms with Gasteiger partial charge in [0.05, 0.1) is 7.11 Å². The predicted molar refractivity (Wildman–Crippen MR) is 71.7 cm³/mol. The predicted octanol–water partition coefficient (Wildman–Crippen LogP) is 2.46. The molecule has 4 nitrogen and oxygen atoms in total. The standard InChI is InChI=1S/C15H20O4/c1-3-19-15(8-10-18-11-9-15)14(16)12-4-6-13(17-2)7-5-12/h4-7H,3,8-11H2,1-2H3. The highest BCUT2D eigenvalue weighted by Gasteiger charge is 2.41. The van der Waals surface area contributed by atoms with Crippen LogP contribution in [-0.2, 0) is 9.47 Å². The zero-order chi connectivity index (χ0) is 13.7. The van der Waals surface area contributed by atoms with Gasteiger partial charge < -0.3 is 14.2 Å². The first kappa shape index (κ1) is 14.0. The van der Waals surface area contributed by atoms with Crippen LogP contribution >= 0.6 is 0 Å². The lowest BCUT2D eigenvalue weighted by Crippen LogP contribution is -2.46. The number of ether oxygens (including phenoxy) is 3. The number of hydrogen-bond donors (Lipinski definition) is 0. The van der Waals surface area contributed by atoms with Crippen molar-refractivity contribution in [3.05, 3.63) is 29.8 Å². The highest BCUT2D eigenvalue weighted by Crippen LogP contribution is 2.30. The van der Waals surface area contributed by atoms with E-state index in [-0.39, 0.29) is 5.78 Å². The normalized spacial score (nSPS) is 18.0.